The monoisotopic (exact) mass is 378 g/mol. The molecule has 0 fully saturated rings. The molecule has 0 atom stereocenters. The predicted molar refractivity (Wildman–Crippen MR) is 109 cm³/mol. The van der Waals surface area contributed by atoms with Gasteiger partial charge in [-0.15, -0.1) is 0 Å². The molecule has 2 aromatic rings. The number of methoxy groups -OCH3 is 1. The zero-order valence-corrected chi connectivity index (χ0v) is 16.3. The van der Waals surface area contributed by atoms with Gasteiger partial charge in [-0.05, 0) is 91.5 Å². The molecule has 0 spiro atoms. The summed E-state index contributed by atoms with van der Waals surface area (Å²) in [5.41, 5.74) is 8.83. The molecule has 0 aromatic heterocycles. The minimum absolute atomic E-state index is 0.0581. The van der Waals surface area contributed by atoms with Crippen LogP contribution in [0.15, 0.2) is 35.4 Å². The number of fused-ring (bicyclic) bond motifs is 2. The predicted octanol–water partition coefficient (Wildman–Crippen LogP) is 3.59. The van der Waals surface area contributed by atoms with Crippen LogP contribution in [0.2, 0.25) is 0 Å². The highest BCUT2D eigenvalue weighted by atomic mass is 16.5. The molecule has 4 rings (SSSR count). The molecular formula is C23H26N2O3. The van der Waals surface area contributed by atoms with Crippen LogP contribution in [0, 0.1) is 0 Å². The highest BCUT2D eigenvalue weighted by Crippen LogP contribution is 2.29. The normalized spacial score (nSPS) is 15.2. The Hall–Kier alpha value is -2.82. The molecule has 0 aliphatic heterocycles. The lowest BCUT2D eigenvalue weighted by Gasteiger charge is -2.16. The smallest absolute Gasteiger partial charge is 0.277 e. The van der Waals surface area contributed by atoms with Gasteiger partial charge in [0.25, 0.3) is 5.91 Å². The van der Waals surface area contributed by atoms with E-state index in [1.807, 2.05) is 6.07 Å². The number of amides is 1. The molecule has 0 heterocycles. The van der Waals surface area contributed by atoms with Crippen molar-refractivity contribution < 1.29 is 14.3 Å². The molecular weight excluding hydrogens is 352 g/mol. The Kier molecular flexibility index (Phi) is 5.60. The second-order valence-corrected chi connectivity index (χ2v) is 7.44. The Labute approximate surface area is 165 Å². The van der Waals surface area contributed by atoms with Gasteiger partial charge < -0.3 is 9.47 Å². The van der Waals surface area contributed by atoms with E-state index in [0.29, 0.717) is 0 Å². The number of nitrogens with zero attached hydrogens (tertiary/aromatic N) is 1. The first-order valence-corrected chi connectivity index (χ1v) is 9.99. The van der Waals surface area contributed by atoms with E-state index in [9.17, 15) is 4.79 Å². The zero-order valence-electron chi connectivity index (χ0n) is 16.3. The van der Waals surface area contributed by atoms with Gasteiger partial charge in [0, 0.05) is 5.56 Å². The van der Waals surface area contributed by atoms with Crippen molar-refractivity contribution in [2.45, 2.75) is 44.9 Å². The minimum atomic E-state index is -0.283. The molecule has 146 valence electrons. The van der Waals surface area contributed by atoms with E-state index in [0.717, 1.165) is 42.7 Å². The lowest BCUT2D eigenvalue weighted by molar-refractivity contribution is -0.123. The number of hydrogen-bond acceptors (Lipinski definition) is 4. The van der Waals surface area contributed by atoms with E-state index in [1.54, 1.807) is 13.3 Å². The molecule has 1 N–H and O–H groups in total. The van der Waals surface area contributed by atoms with Gasteiger partial charge in [0.1, 0.15) is 11.5 Å². The van der Waals surface area contributed by atoms with E-state index < -0.39 is 0 Å². The lowest BCUT2D eigenvalue weighted by atomic mass is 9.92. The Morgan fingerprint density at radius 1 is 1.00 bits per heavy atom. The Morgan fingerprint density at radius 3 is 2.54 bits per heavy atom. The van der Waals surface area contributed by atoms with Crippen molar-refractivity contribution in [3.63, 3.8) is 0 Å². The molecule has 28 heavy (non-hydrogen) atoms. The largest absolute Gasteiger partial charge is 0.496 e. The molecule has 1 amide bonds. The summed E-state index contributed by atoms with van der Waals surface area (Å²) in [6.07, 6.45) is 9.69. The maximum absolute atomic E-state index is 12.1. The SMILES string of the molecule is COc1cc2c(cc1/C=N/NC(=O)COc1ccc3c(c1)CCCC3)CCC2. The number of carbonyl (C=O) groups excluding carboxylic acids is 1. The van der Waals surface area contributed by atoms with Crippen molar-refractivity contribution in [2.24, 2.45) is 5.10 Å². The van der Waals surface area contributed by atoms with E-state index in [1.165, 1.54) is 41.5 Å². The molecule has 5 heteroatoms. The fraction of sp³-hybridized carbons (Fsp3) is 0.391. The van der Waals surface area contributed by atoms with E-state index >= 15 is 0 Å². The van der Waals surface area contributed by atoms with Gasteiger partial charge in [-0.1, -0.05) is 6.07 Å². The summed E-state index contributed by atoms with van der Waals surface area (Å²) in [5.74, 6) is 1.23. The molecule has 2 aliphatic rings. The quantitative estimate of drug-likeness (QED) is 0.617. The second kappa shape index (κ2) is 8.46. The van der Waals surface area contributed by atoms with Crippen molar-refractivity contribution in [2.75, 3.05) is 13.7 Å². The van der Waals surface area contributed by atoms with Crippen LogP contribution in [0.5, 0.6) is 11.5 Å². The summed E-state index contributed by atoms with van der Waals surface area (Å²) >= 11 is 0. The van der Waals surface area contributed by atoms with Crippen molar-refractivity contribution in [3.8, 4) is 11.5 Å². The van der Waals surface area contributed by atoms with E-state index in [4.69, 9.17) is 9.47 Å². The second-order valence-electron chi connectivity index (χ2n) is 7.44. The van der Waals surface area contributed by atoms with Crippen LogP contribution in [0.1, 0.15) is 47.1 Å². The highest BCUT2D eigenvalue weighted by molar-refractivity contribution is 5.86. The van der Waals surface area contributed by atoms with Gasteiger partial charge in [-0.2, -0.15) is 5.10 Å². The first-order chi connectivity index (χ1) is 13.7. The average molecular weight is 378 g/mol. The number of carbonyl (C=O) groups is 1. The topological polar surface area (TPSA) is 59.9 Å². The molecule has 0 radical (unpaired) electrons. The molecule has 0 bridgehead atoms. The van der Waals surface area contributed by atoms with Gasteiger partial charge in [-0.25, -0.2) is 5.43 Å². The van der Waals surface area contributed by atoms with Gasteiger partial charge in [0.2, 0.25) is 0 Å². The molecule has 5 nitrogen and oxygen atoms in total. The van der Waals surface area contributed by atoms with Gasteiger partial charge in [0.05, 0.1) is 13.3 Å². The Bertz CT molecular complexity index is 905. The van der Waals surface area contributed by atoms with Crippen LogP contribution in [0.3, 0.4) is 0 Å². The molecule has 0 unspecified atom stereocenters. The average Bonchev–Trinajstić information content (AvgIpc) is 3.18. The number of rotatable bonds is 6. The third-order valence-electron chi connectivity index (χ3n) is 5.53. The van der Waals surface area contributed by atoms with Gasteiger partial charge in [-0.3, -0.25) is 4.79 Å². The van der Waals surface area contributed by atoms with Crippen LogP contribution in [-0.4, -0.2) is 25.8 Å². The van der Waals surface area contributed by atoms with Crippen molar-refractivity contribution in [3.05, 3.63) is 58.1 Å². The number of benzene rings is 2. The molecule has 0 saturated heterocycles. The number of aryl methyl sites for hydroxylation is 4. The van der Waals surface area contributed by atoms with Crippen molar-refractivity contribution in [1.29, 1.82) is 0 Å². The maximum Gasteiger partial charge on any atom is 0.277 e. The molecule has 0 saturated carbocycles. The third kappa shape index (κ3) is 4.19. The fourth-order valence-corrected chi connectivity index (χ4v) is 4.05. The molecule has 2 aliphatic carbocycles. The summed E-state index contributed by atoms with van der Waals surface area (Å²) in [7, 11) is 1.65. The first kappa shape index (κ1) is 18.5. The summed E-state index contributed by atoms with van der Waals surface area (Å²) in [5, 5.41) is 4.07. The van der Waals surface area contributed by atoms with Crippen molar-refractivity contribution >= 4 is 12.1 Å². The summed E-state index contributed by atoms with van der Waals surface area (Å²) in [6.45, 7) is -0.0581. The van der Waals surface area contributed by atoms with Gasteiger partial charge in [0.15, 0.2) is 6.61 Å². The standard InChI is InChI=1S/C23H26N2O3/c1-27-22-13-19-8-4-7-17(19)11-20(22)14-24-25-23(26)15-28-21-10-9-16-5-2-3-6-18(16)12-21/h9-14H,2-8,15H2,1H3,(H,25,26)/b24-14+. The summed E-state index contributed by atoms with van der Waals surface area (Å²) in [6, 6.07) is 10.3. The minimum Gasteiger partial charge on any atom is -0.496 e. The lowest BCUT2D eigenvalue weighted by Crippen LogP contribution is -2.24. The van der Waals surface area contributed by atoms with E-state index in [-0.39, 0.29) is 12.5 Å². The highest BCUT2D eigenvalue weighted by Gasteiger charge is 2.14. The summed E-state index contributed by atoms with van der Waals surface area (Å²) in [4.78, 5) is 12.1. The van der Waals surface area contributed by atoms with Crippen LogP contribution in [0.25, 0.3) is 0 Å². The van der Waals surface area contributed by atoms with Crippen LogP contribution in [0.4, 0.5) is 0 Å². The number of hydrogen-bond donors (Lipinski definition) is 1. The fourth-order valence-electron chi connectivity index (χ4n) is 4.05. The zero-order chi connectivity index (χ0) is 19.3. The van der Waals surface area contributed by atoms with Crippen molar-refractivity contribution in [1.82, 2.24) is 5.43 Å². The molecule has 2 aromatic carbocycles. The van der Waals surface area contributed by atoms with Crippen LogP contribution in [-0.2, 0) is 30.5 Å². The summed E-state index contributed by atoms with van der Waals surface area (Å²) < 4.78 is 11.1. The number of ether oxygens (including phenoxy) is 2. The Balaban J connectivity index is 1.32. The number of hydrazone groups is 1. The van der Waals surface area contributed by atoms with Crippen LogP contribution >= 0.6 is 0 Å². The first-order valence-electron chi connectivity index (χ1n) is 9.99. The number of nitrogens with one attached hydrogen (secondary N) is 1. The van der Waals surface area contributed by atoms with E-state index in [2.05, 4.69) is 34.8 Å². The van der Waals surface area contributed by atoms with Crippen LogP contribution < -0.4 is 14.9 Å². The van der Waals surface area contributed by atoms with Gasteiger partial charge >= 0.3 is 0 Å². The maximum atomic E-state index is 12.1. The third-order valence-corrected chi connectivity index (χ3v) is 5.53. The Morgan fingerprint density at radius 2 is 1.71 bits per heavy atom.